The van der Waals surface area contributed by atoms with Crippen LogP contribution in [-0.2, 0) is 10.8 Å². The Labute approximate surface area is 186 Å². The molecule has 1 unspecified atom stereocenters. The van der Waals surface area contributed by atoms with Gasteiger partial charge in [-0.15, -0.1) is 0 Å². The summed E-state index contributed by atoms with van der Waals surface area (Å²) in [6.07, 6.45) is 8.19. The first-order chi connectivity index (χ1) is 14.7. The van der Waals surface area contributed by atoms with Gasteiger partial charge in [-0.3, -0.25) is 0 Å². The summed E-state index contributed by atoms with van der Waals surface area (Å²) in [5.41, 5.74) is 6.90. The number of nitrogens with zero attached hydrogens (tertiary/aromatic N) is 3. The normalized spacial score (nSPS) is 22.7. The highest BCUT2D eigenvalue weighted by molar-refractivity contribution is 5.70. The third-order valence-electron chi connectivity index (χ3n) is 7.08. The van der Waals surface area contributed by atoms with Crippen LogP contribution in [0, 0.1) is 11.3 Å². The van der Waals surface area contributed by atoms with Crippen LogP contribution < -0.4 is 9.80 Å². The average molecular weight is 410 g/mol. The van der Waals surface area contributed by atoms with E-state index >= 15 is 0 Å². The minimum Gasteiger partial charge on any atom is -0.367 e. The molecule has 0 fully saturated rings. The molecule has 0 spiro atoms. The van der Waals surface area contributed by atoms with E-state index in [2.05, 4.69) is 118 Å². The number of anilines is 2. The molecule has 0 aromatic heterocycles. The summed E-state index contributed by atoms with van der Waals surface area (Å²) in [7, 11) is 4.23. The monoisotopic (exact) mass is 409 g/mol. The number of benzene rings is 2. The van der Waals surface area contributed by atoms with Crippen molar-refractivity contribution in [1.82, 2.24) is 0 Å². The molecule has 2 aromatic carbocycles. The summed E-state index contributed by atoms with van der Waals surface area (Å²) in [6.45, 7) is 9.03. The van der Waals surface area contributed by atoms with Crippen molar-refractivity contribution >= 4 is 11.4 Å². The number of rotatable bonds is 3. The second kappa shape index (κ2) is 7.46. The molecule has 0 aliphatic carbocycles. The van der Waals surface area contributed by atoms with Gasteiger partial charge in [0, 0.05) is 42.0 Å². The molecule has 0 N–H and O–H groups in total. The van der Waals surface area contributed by atoms with Gasteiger partial charge in [-0.1, -0.05) is 70.2 Å². The topological polar surface area (TPSA) is 30.3 Å². The van der Waals surface area contributed by atoms with Gasteiger partial charge < -0.3 is 9.80 Å². The fourth-order valence-electron chi connectivity index (χ4n) is 5.28. The van der Waals surface area contributed by atoms with E-state index < -0.39 is 0 Å². The predicted octanol–water partition coefficient (Wildman–Crippen LogP) is 6.10. The van der Waals surface area contributed by atoms with Gasteiger partial charge in [-0.25, -0.2) is 0 Å². The Bertz CT molecular complexity index is 1140. The van der Waals surface area contributed by atoms with Gasteiger partial charge in [-0.05, 0) is 41.5 Å². The van der Waals surface area contributed by atoms with Crippen LogP contribution in [0.5, 0.6) is 0 Å². The summed E-state index contributed by atoms with van der Waals surface area (Å²) in [6, 6.07) is 19.7. The van der Waals surface area contributed by atoms with Crippen molar-refractivity contribution < 1.29 is 0 Å². The van der Waals surface area contributed by atoms with Gasteiger partial charge in [0.15, 0.2) is 0 Å². The Hall–Kier alpha value is -3.25. The van der Waals surface area contributed by atoms with Crippen molar-refractivity contribution in [3.05, 3.63) is 95.2 Å². The zero-order chi connectivity index (χ0) is 22.4. The van der Waals surface area contributed by atoms with Gasteiger partial charge in [0.25, 0.3) is 0 Å². The van der Waals surface area contributed by atoms with Gasteiger partial charge in [-0.2, -0.15) is 5.26 Å². The molecule has 0 radical (unpaired) electrons. The van der Waals surface area contributed by atoms with Crippen LogP contribution in [0.1, 0.15) is 38.8 Å². The van der Waals surface area contributed by atoms with E-state index in [-0.39, 0.29) is 16.9 Å². The first-order valence-corrected chi connectivity index (χ1v) is 10.9. The van der Waals surface area contributed by atoms with E-state index in [9.17, 15) is 5.26 Å². The smallest absolute Gasteiger partial charge is 0.0991 e. The zero-order valence-corrected chi connectivity index (χ0v) is 19.3. The first kappa shape index (κ1) is 21.0. The van der Waals surface area contributed by atoms with Crippen molar-refractivity contribution in [2.24, 2.45) is 0 Å². The summed E-state index contributed by atoms with van der Waals surface area (Å²) < 4.78 is 0. The predicted molar refractivity (Wildman–Crippen MR) is 130 cm³/mol. The number of likely N-dealkylation sites (N-methyl/N-ethyl adjacent to an activating group) is 2. The molecule has 3 nitrogen and oxygen atoms in total. The number of fused-ring (bicyclic) bond motifs is 2. The molecule has 2 aliphatic heterocycles. The fraction of sp³-hybridized carbons (Fsp3) is 0.321. The molecule has 2 aromatic rings. The quantitative estimate of drug-likeness (QED) is 0.453. The van der Waals surface area contributed by atoms with E-state index in [0.717, 1.165) is 0 Å². The van der Waals surface area contributed by atoms with E-state index in [4.69, 9.17) is 0 Å². The Kier molecular flexibility index (Phi) is 5.06. The highest BCUT2D eigenvalue weighted by atomic mass is 15.2. The molecule has 4 rings (SSSR count). The van der Waals surface area contributed by atoms with Crippen molar-refractivity contribution in [1.29, 1.82) is 5.26 Å². The highest BCUT2D eigenvalue weighted by Crippen LogP contribution is 2.47. The van der Waals surface area contributed by atoms with Crippen LogP contribution in [0.3, 0.4) is 0 Å². The lowest BCUT2D eigenvalue weighted by molar-refractivity contribution is 0.488. The molecule has 0 amide bonds. The molecular formula is C28H31N3. The lowest BCUT2D eigenvalue weighted by atomic mass is 9.80. The van der Waals surface area contributed by atoms with Crippen LogP contribution >= 0.6 is 0 Å². The second-order valence-electron chi connectivity index (χ2n) is 9.64. The molecule has 2 heterocycles. The second-order valence-corrected chi connectivity index (χ2v) is 9.64. The standard InChI is InChI=1S/C28H31N3/c1-27(2)21-11-7-9-13-23(21)30(5)25(27)17-15-20(19-29)16-18-26-28(3,4)22-12-8-10-14-24(22)31(26)6/h7-18,25H,1-6H3. The first-order valence-electron chi connectivity index (χ1n) is 10.9. The zero-order valence-electron chi connectivity index (χ0n) is 19.3. The molecule has 1 atom stereocenters. The van der Waals surface area contributed by atoms with Crippen molar-refractivity contribution in [2.45, 2.75) is 44.6 Å². The van der Waals surface area contributed by atoms with Crippen molar-refractivity contribution in [3.63, 3.8) is 0 Å². The van der Waals surface area contributed by atoms with Crippen LogP contribution in [0.15, 0.2) is 84.1 Å². The van der Waals surface area contributed by atoms with Crippen LogP contribution in [0.4, 0.5) is 11.4 Å². The SMILES string of the molecule is CN1C(=CC=C(C#N)C=CC2N(C)c3ccccc3C2(C)C)C(C)(C)c2ccccc21. The summed E-state index contributed by atoms with van der Waals surface area (Å²) in [5.74, 6) is 0. The van der Waals surface area contributed by atoms with Crippen LogP contribution in [0.25, 0.3) is 0 Å². The molecule has 31 heavy (non-hydrogen) atoms. The van der Waals surface area contributed by atoms with Crippen molar-refractivity contribution in [2.75, 3.05) is 23.9 Å². The average Bonchev–Trinajstić information content (AvgIpc) is 3.07. The van der Waals surface area contributed by atoms with Crippen LogP contribution in [-0.4, -0.2) is 20.1 Å². The van der Waals surface area contributed by atoms with E-state index in [1.54, 1.807) is 0 Å². The Morgan fingerprint density at radius 2 is 1.55 bits per heavy atom. The highest BCUT2D eigenvalue weighted by Gasteiger charge is 2.41. The third-order valence-corrected chi connectivity index (χ3v) is 7.08. The van der Waals surface area contributed by atoms with Gasteiger partial charge in [0.2, 0.25) is 0 Å². The lowest BCUT2D eigenvalue weighted by Crippen LogP contribution is -2.37. The summed E-state index contributed by atoms with van der Waals surface area (Å²) >= 11 is 0. The summed E-state index contributed by atoms with van der Waals surface area (Å²) in [5, 5.41) is 9.79. The maximum Gasteiger partial charge on any atom is 0.0991 e. The molecule has 3 heteroatoms. The molecule has 0 saturated carbocycles. The fourth-order valence-corrected chi connectivity index (χ4v) is 5.28. The molecule has 2 aliphatic rings. The Balaban J connectivity index is 1.63. The number of para-hydroxylation sites is 2. The number of hydrogen-bond donors (Lipinski definition) is 0. The number of nitriles is 1. The molecule has 158 valence electrons. The van der Waals surface area contributed by atoms with E-state index in [0.29, 0.717) is 5.57 Å². The summed E-state index contributed by atoms with van der Waals surface area (Å²) in [4.78, 5) is 4.54. The Morgan fingerprint density at radius 3 is 2.16 bits per heavy atom. The van der Waals surface area contributed by atoms with Gasteiger partial charge >= 0.3 is 0 Å². The van der Waals surface area contributed by atoms with Gasteiger partial charge in [0.05, 0.1) is 17.7 Å². The Morgan fingerprint density at radius 1 is 0.935 bits per heavy atom. The molecule has 0 bridgehead atoms. The number of hydrogen-bond acceptors (Lipinski definition) is 3. The van der Waals surface area contributed by atoms with Crippen molar-refractivity contribution in [3.8, 4) is 6.07 Å². The maximum absolute atomic E-state index is 9.79. The third kappa shape index (κ3) is 3.27. The molecule has 0 saturated heterocycles. The number of allylic oxidation sites excluding steroid dienone is 5. The van der Waals surface area contributed by atoms with Gasteiger partial charge in [0.1, 0.15) is 0 Å². The van der Waals surface area contributed by atoms with Crippen LogP contribution in [0.2, 0.25) is 0 Å². The minimum absolute atomic E-state index is 0.0177. The maximum atomic E-state index is 9.79. The molecular weight excluding hydrogens is 378 g/mol. The van der Waals surface area contributed by atoms with E-state index in [1.165, 1.54) is 28.2 Å². The van der Waals surface area contributed by atoms with E-state index in [1.807, 2.05) is 12.2 Å². The largest absolute Gasteiger partial charge is 0.367 e. The minimum atomic E-state index is -0.0958. The lowest BCUT2D eigenvalue weighted by Gasteiger charge is -2.29.